The van der Waals surface area contributed by atoms with E-state index < -0.39 is 17.3 Å². The average Bonchev–Trinajstić information content (AvgIpc) is 3.39. The average molecular weight is 356 g/mol. The molecule has 1 aliphatic carbocycles. The number of carbonyl (C=O) groups excluding carboxylic acids is 2. The van der Waals surface area contributed by atoms with Crippen LogP contribution in [-0.2, 0) is 21.5 Å². The van der Waals surface area contributed by atoms with Gasteiger partial charge in [0.2, 0.25) is 5.91 Å². The van der Waals surface area contributed by atoms with Crippen molar-refractivity contribution in [1.29, 1.82) is 5.26 Å². The topological polar surface area (TPSA) is 93.0 Å². The quantitative estimate of drug-likeness (QED) is 0.640. The Morgan fingerprint density at radius 1 is 1.27 bits per heavy atom. The molecule has 2 aromatic carbocycles. The van der Waals surface area contributed by atoms with Crippen LogP contribution < -0.4 is 40.0 Å². The second kappa shape index (κ2) is 8.05. The largest absolute Gasteiger partial charge is 1.00 e. The molecule has 1 amide bonds. The summed E-state index contributed by atoms with van der Waals surface area (Å²) >= 11 is 0. The summed E-state index contributed by atoms with van der Waals surface area (Å²) in [6, 6.07) is 16.2. The summed E-state index contributed by atoms with van der Waals surface area (Å²) < 4.78 is 0. The van der Waals surface area contributed by atoms with E-state index in [1.807, 2.05) is 19.1 Å². The van der Waals surface area contributed by atoms with Crippen molar-refractivity contribution in [2.24, 2.45) is 5.92 Å². The minimum absolute atomic E-state index is 0. The van der Waals surface area contributed by atoms with Gasteiger partial charge in [0.25, 0.3) is 0 Å². The fraction of sp³-hybridized carbons (Fsp3) is 0.250. The molecule has 0 aromatic heterocycles. The first kappa shape index (κ1) is 20.2. The maximum absolute atomic E-state index is 12.4. The molecule has 26 heavy (non-hydrogen) atoms. The van der Waals surface area contributed by atoms with Crippen molar-refractivity contribution in [1.82, 2.24) is 5.32 Å². The summed E-state index contributed by atoms with van der Waals surface area (Å²) in [5, 5.41) is 23.5. The fourth-order valence-corrected chi connectivity index (χ4v) is 3.19. The molecular formula is C20H17N2NaO3. The first-order chi connectivity index (χ1) is 12.0. The number of carbonyl (C=O) groups is 2. The van der Waals surface area contributed by atoms with Gasteiger partial charge in [0.1, 0.15) is 0 Å². The van der Waals surface area contributed by atoms with Gasteiger partial charge in [-0.2, -0.15) is 5.26 Å². The van der Waals surface area contributed by atoms with Gasteiger partial charge in [-0.1, -0.05) is 42.5 Å². The van der Waals surface area contributed by atoms with E-state index in [1.54, 1.807) is 36.4 Å². The number of carboxylic acid groups (broad SMARTS) is 1. The molecule has 1 saturated carbocycles. The number of hydrogen-bond acceptors (Lipinski definition) is 4. The van der Waals surface area contributed by atoms with Crippen molar-refractivity contribution < 1.29 is 44.3 Å². The Labute approximate surface area is 174 Å². The van der Waals surface area contributed by atoms with Crippen LogP contribution in [0.25, 0.3) is 0 Å². The van der Waals surface area contributed by atoms with Gasteiger partial charge in [-0.3, -0.25) is 4.79 Å². The molecule has 5 nitrogen and oxygen atoms in total. The van der Waals surface area contributed by atoms with Crippen LogP contribution in [0.3, 0.4) is 0 Å². The molecule has 3 rings (SSSR count). The Morgan fingerprint density at radius 2 is 1.96 bits per heavy atom. The molecule has 1 aliphatic rings. The third-order valence-electron chi connectivity index (χ3n) is 4.82. The zero-order chi connectivity index (χ0) is 18.0. The standard InChI is InChI=1S/C20H18N2O3.Na/c1-13-7-8-14(9-15(13)11-21)12-22-18(23)17-10-20(17,19(24)25)16-5-3-2-4-6-16;/h2-9,17H,10,12H2,1H3,(H,22,23)(H,24,25);/q;+1/p-1/t17-,20+;/m0./s1. The molecule has 2 aromatic rings. The van der Waals surface area contributed by atoms with Gasteiger partial charge in [0.15, 0.2) is 0 Å². The van der Waals surface area contributed by atoms with Crippen molar-refractivity contribution >= 4 is 11.9 Å². The fourth-order valence-electron chi connectivity index (χ4n) is 3.19. The van der Waals surface area contributed by atoms with Crippen molar-refractivity contribution in [3.63, 3.8) is 0 Å². The van der Waals surface area contributed by atoms with Crippen LogP contribution >= 0.6 is 0 Å². The van der Waals surface area contributed by atoms with E-state index >= 15 is 0 Å². The van der Waals surface area contributed by atoms with E-state index in [0.29, 0.717) is 11.1 Å². The smallest absolute Gasteiger partial charge is 0.549 e. The Balaban J connectivity index is 0.00000243. The number of aryl methyl sites for hydroxylation is 1. The summed E-state index contributed by atoms with van der Waals surface area (Å²) in [5.41, 5.74) is 1.59. The minimum Gasteiger partial charge on any atom is -0.549 e. The SMILES string of the molecule is Cc1ccc(CNC(=O)[C@@H]2C[C@@]2(C(=O)[O-])c2ccccc2)cc1C#N.[Na+]. The van der Waals surface area contributed by atoms with Crippen LogP contribution in [0.15, 0.2) is 48.5 Å². The number of nitriles is 1. The predicted molar refractivity (Wildman–Crippen MR) is 89.0 cm³/mol. The van der Waals surface area contributed by atoms with E-state index in [-0.39, 0.29) is 48.4 Å². The molecular weight excluding hydrogens is 339 g/mol. The van der Waals surface area contributed by atoms with Crippen LogP contribution in [0.5, 0.6) is 0 Å². The Bertz CT molecular complexity index is 876. The molecule has 0 saturated heterocycles. The van der Waals surface area contributed by atoms with Gasteiger partial charge in [0, 0.05) is 12.0 Å². The molecule has 1 N–H and O–H groups in total. The van der Waals surface area contributed by atoms with E-state index in [4.69, 9.17) is 5.26 Å². The normalized spacial score (nSPS) is 20.4. The van der Waals surface area contributed by atoms with E-state index in [2.05, 4.69) is 11.4 Å². The first-order valence-corrected chi connectivity index (χ1v) is 8.03. The predicted octanol–water partition coefficient (Wildman–Crippen LogP) is -1.81. The molecule has 2 atom stereocenters. The number of benzene rings is 2. The number of nitrogens with one attached hydrogen (secondary N) is 1. The Morgan fingerprint density at radius 3 is 2.58 bits per heavy atom. The molecule has 0 spiro atoms. The Kier molecular flexibility index (Phi) is 6.25. The van der Waals surface area contributed by atoms with Gasteiger partial charge in [0.05, 0.1) is 23.5 Å². The second-order valence-electron chi connectivity index (χ2n) is 6.36. The molecule has 6 heteroatoms. The van der Waals surface area contributed by atoms with Crippen molar-refractivity contribution in [3.05, 3.63) is 70.8 Å². The van der Waals surface area contributed by atoms with Gasteiger partial charge in [-0.05, 0) is 36.1 Å². The van der Waals surface area contributed by atoms with Crippen LogP contribution in [0.1, 0.15) is 28.7 Å². The third-order valence-corrected chi connectivity index (χ3v) is 4.82. The number of amides is 1. The van der Waals surface area contributed by atoms with Crippen LogP contribution in [-0.4, -0.2) is 11.9 Å². The molecule has 0 unspecified atom stereocenters. The monoisotopic (exact) mass is 356 g/mol. The molecule has 126 valence electrons. The van der Waals surface area contributed by atoms with Gasteiger partial charge < -0.3 is 15.2 Å². The maximum atomic E-state index is 12.4. The number of rotatable bonds is 5. The third kappa shape index (κ3) is 3.68. The molecule has 1 fully saturated rings. The summed E-state index contributed by atoms with van der Waals surface area (Å²) in [5.74, 6) is -2.17. The zero-order valence-electron chi connectivity index (χ0n) is 14.8. The summed E-state index contributed by atoms with van der Waals surface area (Å²) in [6.07, 6.45) is 0.239. The summed E-state index contributed by atoms with van der Waals surface area (Å²) in [4.78, 5) is 24.1. The molecule has 0 aliphatic heterocycles. The van der Waals surface area contributed by atoms with Crippen LogP contribution in [0.4, 0.5) is 0 Å². The van der Waals surface area contributed by atoms with Crippen LogP contribution in [0, 0.1) is 24.2 Å². The number of carboxylic acids is 1. The second-order valence-corrected chi connectivity index (χ2v) is 6.36. The van der Waals surface area contributed by atoms with Gasteiger partial charge >= 0.3 is 29.6 Å². The number of hydrogen-bond donors (Lipinski definition) is 1. The van der Waals surface area contributed by atoms with E-state index in [1.165, 1.54) is 0 Å². The van der Waals surface area contributed by atoms with E-state index in [9.17, 15) is 14.7 Å². The minimum atomic E-state index is -1.24. The van der Waals surface area contributed by atoms with Crippen molar-refractivity contribution in [2.45, 2.75) is 25.3 Å². The maximum Gasteiger partial charge on any atom is 1.00 e. The van der Waals surface area contributed by atoms with Gasteiger partial charge in [-0.15, -0.1) is 0 Å². The molecule has 0 heterocycles. The van der Waals surface area contributed by atoms with Crippen molar-refractivity contribution in [3.8, 4) is 6.07 Å². The van der Waals surface area contributed by atoms with Crippen LogP contribution in [0.2, 0.25) is 0 Å². The van der Waals surface area contributed by atoms with Gasteiger partial charge in [-0.25, -0.2) is 0 Å². The molecule has 0 bridgehead atoms. The summed E-state index contributed by atoms with van der Waals surface area (Å²) in [6.45, 7) is 2.10. The zero-order valence-corrected chi connectivity index (χ0v) is 16.8. The summed E-state index contributed by atoms with van der Waals surface area (Å²) in [7, 11) is 0. The molecule has 0 radical (unpaired) electrons. The number of aliphatic carboxylic acids is 1. The Hall–Kier alpha value is -2.13. The van der Waals surface area contributed by atoms with Crippen molar-refractivity contribution in [2.75, 3.05) is 0 Å². The first-order valence-electron chi connectivity index (χ1n) is 8.03. The van der Waals surface area contributed by atoms with E-state index in [0.717, 1.165) is 11.1 Å². The number of nitrogens with zero attached hydrogens (tertiary/aromatic N) is 1.